The normalized spacial score (nSPS) is 17.9. The first-order chi connectivity index (χ1) is 9.58. The zero-order valence-corrected chi connectivity index (χ0v) is 12.5. The summed E-state index contributed by atoms with van der Waals surface area (Å²) in [5.41, 5.74) is 3.57. The van der Waals surface area contributed by atoms with E-state index in [1.54, 1.807) is 12.3 Å². The lowest BCUT2D eigenvalue weighted by atomic mass is 9.80. The molecule has 3 rings (SSSR count). The first kappa shape index (κ1) is 13.6. The number of benzene rings is 1. The van der Waals surface area contributed by atoms with E-state index in [1.807, 2.05) is 25.1 Å². The molecule has 1 heterocycles. The van der Waals surface area contributed by atoms with Crippen LogP contribution < -0.4 is 0 Å². The molecule has 1 aliphatic rings. The van der Waals surface area contributed by atoms with Crippen molar-refractivity contribution in [2.24, 2.45) is 0 Å². The van der Waals surface area contributed by atoms with Crippen LogP contribution in [0.5, 0.6) is 0 Å². The number of hydrogen-bond acceptors (Lipinski definition) is 2. The van der Waals surface area contributed by atoms with Crippen LogP contribution in [0.2, 0.25) is 10.0 Å². The van der Waals surface area contributed by atoms with Gasteiger partial charge in [0.15, 0.2) is 5.78 Å². The standard InChI is InChI=1S/C16H13Cl2NO/c1-9-5-6-19-13-7-10(8-14(20)15(9)13)11-3-2-4-12(17)16(11)18/h2-6,10H,7-8H2,1H3. The lowest BCUT2D eigenvalue weighted by Gasteiger charge is -2.25. The smallest absolute Gasteiger partial charge is 0.165 e. The minimum absolute atomic E-state index is 0.0514. The van der Waals surface area contributed by atoms with Crippen molar-refractivity contribution in [2.45, 2.75) is 25.7 Å². The highest BCUT2D eigenvalue weighted by molar-refractivity contribution is 6.42. The molecule has 1 aliphatic carbocycles. The fourth-order valence-corrected chi connectivity index (χ4v) is 3.30. The van der Waals surface area contributed by atoms with E-state index in [4.69, 9.17) is 23.2 Å². The molecule has 1 aromatic carbocycles. The summed E-state index contributed by atoms with van der Waals surface area (Å²) < 4.78 is 0. The Balaban J connectivity index is 2.04. The van der Waals surface area contributed by atoms with Crippen LogP contribution in [0.15, 0.2) is 30.5 Å². The average molecular weight is 306 g/mol. The predicted molar refractivity (Wildman–Crippen MR) is 80.8 cm³/mol. The van der Waals surface area contributed by atoms with Gasteiger partial charge in [-0.2, -0.15) is 0 Å². The Bertz CT molecular complexity index is 697. The Morgan fingerprint density at radius 2 is 2.00 bits per heavy atom. The molecule has 1 unspecified atom stereocenters. The summed E-state index contributed by atoms with van der Waals surface area (Å²) >= 11 is 12.3. The molecule has 0 saturated carbocycles. The van der Waals surface area contributed by atoms with E-state index in [1.165, 1.54) is 0 Å². The molecular formula is C16H13Cl2NO. The lowest BCUT2D eigenvalue weighted by Crippen LogP contribution is -2.21. The fraction of sp³-hybridized carbons (Fsp3) is 0.250. The number of aryl methyl sites for hydroxylation is 1. The number of halogens is 2. The van der Waals surface area contributed by atoms with Crippen LogP contribution in [-0.4, -0.2) is 10.8 Å². The van der Waals surface area contributed by atoms with Gasteiger partial charge in [-0.1, -0.05) is 35.3 Å². The van der Waals surface area contributed by atoms with Crippen LogP contribution in [0.3, 0.4) is 0 Å². The number of nitrogens with zero attached hydrogens (tertiary/aromatic N) is 1. The third-order valence-electron chi connectivity index (χ3n) is 3.81. The van der Waals surface area contributed by atoms with Crippen molar-refractivity contribution in [2.75, 3.05) is 0 Å². The van der Waals surface area contributed by atoms with Gasteiger partial charge in [0.25, 0.3) is 0 Å². The van der Waals surface area contributed by atoms with Crippen LogP contribution in [-0.2, 0) is 6.42 Å². The summed E-state index contributed by atoms with van der Waals surface area (Å²) in [6.07, 6.45) is 2.94. The second kappa shape index (κ2) is 5.19. The molecule has 20 heavy (non-hydrogen) atoms. The summed E-state index contributed by atoms with van der Waals surface area (Å²) in [6, 6.07) is 7.44. The molecule has 1 aromatic heterocycles. The maximum Gasteiger partial charge on any atom is 0.165 e. The van der Waals surface area contributed by atoms with Gasteiger partial charge in [0.2, 0.25) is 0 Å². The number of carbonyl (C=O) groups is 1. The molecule has 0 bridgehead atoms. The highest BCUT2D eigenvalue weighted by atomic mass is 35.5. The van der Waals surface area contributed by atoms with Gasteiger partial charge >= 0.3 is 0 Å². The van der Waals surface area contributed by atoms with Crippen molar-refractivity contribution in [1.29, 1.82) is 0 Å². The molecule has 0 fully saturated rings. The number of carbonyl (C=O) groups excluding carboxylic acids is 1. The van der Waals surface area contributed by atoms with E-state index in [0.717, 1.165) is 28.8 Å². The van der Waals surface area contributed by atoms with Gasteiger partial charge in [0, 0.05) is 18.2 Å². The second-order valence-electron chi connectivity index (χ2n) is 5.12. The number of rotatable bonds is 1. The summed E-state index contributed by atoms with van der Waals surface area (Å²) in [5, 5.41) is 1.07. The van der Waals surface area contributed by atoms with Crippen LogP contribution in [0.4, 0.5) is 0 Å². The fourth-order valence-electron chi connectivity index (χ4n) is 2.84. The molecule has 0 spiro atoms. The van der Waals surface area contributed by atoms with Crippen molar-refractivity contribution in [3.63, 3.8) is 0 Å². The molecule has 2 nitrogen and oxygen atoms in total. The molecule has 2 aromatic rings. The molecule has 4 heteroatoms. The van der Waals surface area contributed by atoms with E-state index in [2.05, 4.69) is 4.98 Å². The van der Waals surface area contributed by atoms with Gasteiger partial charge in [-0.15, -0.1) is 0 Å². The van der Waals surface area contributed by atoms with E-state index >= 15 is 0 Å². The summed E-state index contributed by atoms with van der Waals surface area (Å²) in [7, 11) is 0. The second-order valence-corrected chi connectivity index (χ2v) is 5.91. The number of ketones is 1. The summed E-state index contributed by atoms with van der Waals surface area (Å²) in [5.74, 6) is 0.188. The number of pyridine rings is 1. The topological polar surface area (TPSA) is 30.0 Å². The Labute approximate surface area is 127 Å². The van der Waals surface area contributed by atoms with Gasteiger partial charge in [0.05, 0.1) is 15.7 Å². The number of Topliss-reactive ketones (excluding diaryl/α,β-unsaturated/α-hetero) is 1. The predicted octanol–water partition coefficient (Wildman–Crippen LogP) is 4.61. The van der Waals surface area contributed by atoms with Gasteiger partial charge in [0.1, 0.15) is 0 Å². The summed E-state index contributed by atoms with van der Waals surface area (Å²) in [6.45, 7) is 1.95. The van der Waals surface area contributed by atoms with Gasteiger partial charge in [-0.3, -0.25) is 9.78 Å². The molecule has 102 valence electrons. The monoisotopic (exact) mass is 305 g/mol. The Hall–Kier alpha value is -1.38. The minimum atomic E-state index is 0.0514. The SMILES string of the molecule is Cc1ccnc2c1C(=O)CC(c1cccc(Cl)c1Cl)C2. The van der Waals surface area contributed by atoms with Crippen molar-refractivity contribution in [3.05, 3.63) is 62.9 Å². The zero-order valence-electron chi connectivity index (χ0n) is 11.0. The third kappa shape index (κ3) is 2.23. The van der Waals surface area contributed by atoms with Crippen LogP contribution >= 0.6 is 23.2 Å². The molecule has 0 aliphatic heterocycles. The average Bonchev–Trinajstić information content (AvgIpc) is 2.41. The van der Waals surface area contributed by atoms with E-state index in [-0.39, 0.29) is 11.7 Å². The molecular weight excluding hydrogens is 293 g/mol. The first-order valence-corrected chi connectivity index (χ1v) is 7.25. The Morgan fingerprint density at radius 3 is 2.80 bits per heavy atom. The number of fused-ring (bicyclic) bond motifs is 1. The highest BCUT2D eigenvalue weighted by Crippen LogP contribution is 2.38. The molecule has 0 amide bonds. The maximum absolute atomic E-state index is 12.4. The van der Waals surface area contributed by atoms with Gasteiger partial charge < -0.3 is 0 Å². The molecule has 0 N–H and O–H groups in total. The van der Waals surface area contributed by atoms with E-state index in [9.17, 15) is 4.79 Å². The van der Waals surface area contributed by atoms with Crippen molar-refractivity contribution >= 4 is 29.0 Å². The van der Waals surface area contributed by atoms with Crippen molar-refractivity contribution < 1.29 is 4.79 Å². The minimum Gasteiger partial charge on any atom is -0.294 e. The first-order valence-electron chi connectivity index (χ1n) is 6.49. The van der Waals surface area contributed by atoms with E-state index < -0.39 is 0 Å². The molecule has 1 atom stereocenters. The highest BCUT2D eigenvalue weighted by Gasteiger charge is 2.29. The van der Waals surface area contributed by atoms with Gasteiger partial charge in [-0.25, -0.2) is 0 Å². The largest absolute Gasteiger partial charge is 0.294 e. The van der Waals surface area contributed by atoms with Crippen LogP contribution in [0.25, 0.3) is 0 Å². The Morgan fingerprint density at radius 1 is 1.20 bits per heavy atom. The third-order valence-corrected chi connectivity index (χ3v) is 4.64. The zero-order chi connectivity index (χ0) is 14.3. The molecule has 0 radical (unpaired) electrons. The molecule has 0 saturated heterocycles. The lowest BCUT2D eigenvalue weighted by molar-refractivity contribution is 0.0962. The Kier molecular flexibility index (Phi) is 3.53. The van der Waals surface area contributed by atoms with Crippen LogP contribution in [0.1, 0.15) is 39.5 Å². The summed E-state index contributed by atoms with van der Waals surface area (Å²) in [4.78, 5) is 16.7. The van der Waals surface area contributed by atoms with Crippen molar-refractivity contribution in [3.8, 4) is 0 Å². The van der Waals surface area contributed by atoms with Gasteiger partial charge in [-0.05, 0) is 42.5 Å². The van der Waals surface area contributed by atoms with Crippen molar-refractivity contribution in [1.82, 2.24) is 4.98 Å². The number of aromatic nitrogens is 1. The van der Waals surface area contributed by atoms with E-state index in [0.29, 0.717) is 16.5 Å². The van der Waals surface area contributed by atoms with Crippen LogP contribution in [0, 0.1) is 6.92 Å². The quantitative estimate of drug-likeness (QED) is 0.770. The number of hydrogen-bond donors (Lipinski definition) is 0. The maximum atomic E-state index is 12.4.